The van der Waals surface area contributed by atoms with Gasteiger partial charge in [0.2, 0.25) is 0 Å². The third-order valence-electron chi connectivity index (χ3n) is 3.55. The molecule has 3 heteroatoms. The molecule has 0 saturated carbocycles. The molecule has 1 aliphatic heterocycles. The molecule has 3 nitrogen and oxygen atoms in total. The molecule has 1 saturated heterocycles. The van der Waals surface area contributed by atoms with Crippen molar-refractivity contribution in [2.75, 3.05) is 33.0 Å². The van der Waals surface area contributed by atoms with Crippen LogP contribution in [0.2, 0.25) is 0 Å². The summed E-state index contributed by atoms with van der Waals surface area (Å²) < 4.78 is 11.3. The van der Waals surface area contributed by atoms with Gasteiger partial charge in [0.05, 0.1) is 26.4 Å². The maximum atomic E-state index is 5.63. The van der Waals surface area contributed by atoms with E-state index in [0.29, 0.717) is 11.5 Å². The van der Waals surface area contributed by atoms with Crippen molar-refractivity contribution in [3.63, 3.8) is 0 Å². The van der Waals surface area contributed by atoms with E-state index < -0.39 is 0 Å². The first-order valence-corrected chi connectivity index (χ1v) is 7.03. The lowest BCUT2D eigenvalue weighted by Gasteiger charge is -2.24. The van der Waals surface area contributed by atoms with Crippen LogP contribution in [0.15, 0.2) is 0 Å². The summed E-state index contributed by atoms with van der Waals surface area (Å²) in [6.45, 7) is 10.9. The highest BCUT2D eigenvalue weighted by Gasteiger charge is 2.15. The normalized spacial score (nSPS) is 21.7. The number of nitrogens with one attached hydrogen (secondary N) is 1. The fourth-order valence-corrected chi connectivity index (χ4v) is 1.86. The quantitative estimate of drug-likeness (QED) is 0.665. The van der Waals surface area contributed by atoms with Crippen molar-refractivity contribution in [1.82, 2.24) is 5.32 Å². The molecule has 17 heavy (non-hydrogen) atoms. The SMILES string of the molecule is CCC(C)(C)COCCOCC1CCCCN1. The van der Waals surface area contributed by atoms with Crippen molar-refractivity contribution < 1.29 is 9.47 Å². The Hall–Kier alpha value is -0.120. The minimum Gasteiger partial charge on any atom is -0.379 e. The summed E-state index contributed by atoms with van der Waals surface area (Å²) in [6, 6.07) is 0.566. The second kappa shape index (κ2) is 8.06. The van der Waals surface area contributed by atoms with Gasteiger partial charge in [-0.05, 0) is 31.2 Å². The van der Waals surface area contributed by atoms with Crippen molar-refractivity contribution in [2.45, 2.75) is 52.5 Å². The summed E-state index contributed by atoms with van der Waals surface area (Å²) in [4.78, 5) is 0. The summed E-state index contributed by atoms with van der Waals surface area (Å²) in [5.41, 5.74) is 0.297. The molecule has 1 rings (SSSR count). The predicted octanol–water partition coefficient (Wildman–Crippen LogP) is 2.60. The molecule has 0 aliphatic carbocycles. The summed E-state index contributed by atoms with van der Waals surface area (Å²) in [6.07, 6.45) is 5.05. The summed E-state index contributed by atoms with van der Waals surface area (Å²) >= 11 is 0. The highest BCUT2D eigenvalue weighted by molar-refractivity contribution is 4.71. The fraction of sp³-hybridized carbons (Fsp3) is 1.00. The number of rotatable bonds is 8. The van der Waals surface area contributed by atoms with E-state index in [9.17, 15) is 0 Å². The van der Waals surface area contributed by atoms with Gasteiger partial charge in [0, 0.05) is 6.04 Å². The van der Waals surface area contributed by atoms with E-state index in [1.54, 1.807) is 0 Å². The van der Waals surface area contributed by atoms with Gasteiger partial charge in [-0.2, -0.15) is 0 Å². The van der Waals surface area contributed by atoms with Crippen LogP contribution in [0, 0.1) is 5.41 Å². The lowest BCUT2D eigenvalue weighted by atomic mass is 9.92. The summed E-state index contributed by atoms with van der Waals surface area (Å²) in [5.74, 6) is 0. The molecule has 1 atom stereocenters. The Bertz CT molecular complexity index is 189. The van der Waals surface area contributed by atoms with Gasteiger partial charge in [-0.15, -0.1) is 0 Å². The van der Waals surface area contributed by atoms with Gasteiger partial charge in [0.15, 0.2) is 0 Å². The fourth-order valence-electron chi connectivity index (χ4n) is 1.86. The zero-order valence-electron chi connectivity index (χ0n) is 11.8. The van der Waals surface area contributed by atoms with Gasteiger partial charge in [-0.25, -0.2) is 0 Å². The Balaban J connectivity index is 1.90. The van der Waals surface area contributed by atoms with Gasteiger partial charge < -0.3 is 14.8 Å². The number of piperidine rings is 1. The number of hydrogen-bond acceptors (Lipinski definition) is 3. The van der Waals surface area contributed by atoms with E-state index in [0.717, 1.165) is 39.4 Å². The largest absolute Gasteiger partial charge is 0.379 e. The molecule has 0 amide bonds. The maximum Gasteiger partial charge on any atom is 0.0701 e. The molecule has 1 unspecified atom stereocenters. The summed E-state index contributed by atoms with van der Waals surface area (Å²) in [7, 11) is 0. The van der Waals surface area contributed by atoms with Gasteiger partial charge in [0.1, 0.15) is 0 Å². The molecular weight excluding hydrogens is 214 g/mol. The Morgan fingerprint density at radius 1 is 1.18 bits per heavy atom. The van der Waals surface area contributed by atoms with E-state index in [4.69, 9.17) is 9.47 Å². The van der Waals surface area contributed by atoms with Crippen LogP contribution in [0.3, 0.4) is 0 Å². The third-order valence-corrected chi connectivity index (χ3v) is 3.55. The van der Waals surface area contributed by atoms with Crippen LogP contribution in [0.4, 0.5) is 0 Å². The van der Waals surface area contributed by atoms with E-state index in [1.807, 2.05) is 0 Å². The van der Waals surface area contributed by atoms with Crippen molar-refractivity contribution in [1.29, 1.82) is 0 Å². The molecule has 1 fully saturated rings. The smallest absolute Gasteiger partial charge is 0.0701 e. The first-order valence-electron chi connectivity index (χ1n) is 7.03. The highest BCUT2D eigenvalue weighted by Crippen LogP contribution is 2.19. The lowest BCUT2D eigenvalue weighted by molar-refractivity contribution is 0.00753. The van der Waals surface area contributed by atoms with Gasteiger partial charge in [-0.3, -0.25) is 0 Å². The lowest BCUT2D eigenvalue weighted by Crippen LogP contribution is -2.37. The standard InChI is InChI=1S/C14H29NO2/c1-4-14(2,3)12-17-10-9-16-11-13-7-5-6-8-15-13/h13,15H,4-12H2,1-3H3. The zero-order valence-corrected chi connectivity index (χ0v) is 11.8. The Kier molecular flexibility index (Phi) is 7.09. The minimum atomic E-state index is 0.297. The second-order valence-electron chi connectivity index (χ2n) is 5.79. The zero-order chi connectivity index (χ0) is 12.6. The van der Waals surface area contributed by atoms with Crippen LogP contribution in [-0.2, 0) is 9.47 Å². The number of hydrogen-bond donors (Lipinski definition) is 1. The van der Waals surface area contributed by atoms with Gasteiger partial charge in [-0.1, -0.05) is 27.2 Å². The predicted molar refractivity (Wildman–Crippen MR) is 71.4 cm³/mol. The topological polar surface area (TPSA) is 30.5 Å². The van der Waals surface area contributed by atoms with Crippen LogP contribution >= 0.6 is 0 Å². The van der Waals surface area contributed by atoms with Crippen molar-refractivity contribution in [2.24, 2.45) is 5.41 Å². The van der Waals surface area contributed by atoms with Crippen molar-refractivity contribution in [3.05, 3.63) is 0 Å². The molecule has 0 radical (unpaired) electrons. The average Bonchev–Trinajstić information content (AvgIpc) is 2.35. The number of ether oxygens (including phenoxy) is 2. The molecule has 102 valence electrons. The Morgan fingerprint density at radius 2 is 1.94 bits per heavy atom. The maximum absolute atomic E-state index is 5.63. The molecule has 0 aromatic heterocycles. The van der Waals surface area contributed by atoms with Gasteiger partial charge >= 0.3 is 0 Å². The van der Waals surface area contributed by atoms with E-state index in [1.165, 1.54) is 19.3 Å². The monoisotopic (exact) mass is 243 g/mol. The molecule has 0 aromatic carbocycles. The van der Waals surface area contributed by atoms with Gasteiger partial charge in [0.25, 0.3) is 0 Å². The molecule has 1 aliphatic rings. The Labute approximate surface area is 106 Å². The van der Waals surface area contributed by atoms with Crippen LogP contribution in [0.25, 0.3) is 0 Å². The molecule has 1 N–H and O–H groups in total. The molecular formula is C14H29NO2. The average molecular weight is 243 g/mol. The van der Waals surface area contributed by atoms with E-state index in [-0.39, 0.29) is 0 Å². The van der Waals surface area contributed by atoms with E-state index in [2.05, 4.69) is 26.1 Å². The molecule has 0 spiro atoms. The third kappa shape index (κ3) is 7.02. The Morgan fingerprint density at radius 3 is 2.59 bits per heavy atom. The van der Waals surface area contributed by atoms with Crippen LogP contribution in [0.5, 0.6) is 0 Å². The molecule has 0 bridgehead atoms. The van der Waals surface area contributed by atoms with Crippen molar-refractivity contribution in [3.8, 4) is 0 Å². The molecule has 1 heterocycles. The molecule has 0 aromatic rings. The summed E-state index contributed by atoms with van der Waals surface area (Å²) in [5, 5.41) is 3.48. The highest BCUT2D eigenvalue weighted by atomic mass is 16.5. The minimum absolute atomic E-state index is 0.297. The van der Waals surface area contributed by atoms with Crippen LogP contribution < -0.4 is 5.32 Å². The first-order chi connectivity index (χ1) is 8.14. The first kappa shape index (κ1) is 14.9. The van der Waals surface area contributed by atoms with E-state index >= 15 is 0 Å². The second-order valence-corrected chi connectivity index (χ2v) is 5.79. The van der Waals surface area contributed by atoms with Crippen LogP contribution in [-0.4, -0.2) is 39.0 Å². The van der Waals surface area contributed by atoms with Crippen LogP contribution in [0.1, 0.15) is 46.5 Å². The van der Waals surface area contributed by atoms with Crippen molar-refractivity contribution >= 4 is 0 Å².